The van der Waals surface area contributed by atoms with Crippen LogP contribution in [-0.2, 0) is 27.9 Å². The van der Waals surface area contributed by atoms with Crippen LogP contribution in [0.1, 0.15) is 206 Å². The molecule has 0 rings (SSSR count). The molecule has 0 aromatic rings. The molecule has 2 atom stereocenters. The summed E-state index contributed by atoms with van der Waals surface area (Å²) in [6, 6.07) is 0. The van der Waals surface area contributed by atoms with E-state index >= 15 is 0 Å². The molecule has 0 aromatic heterocycles. The van der Waals surface area contributed by atoms with Crippen LogP contribution in [-0.4, -0.2) is 75.6 Å². The zero-order valence-electron chi connectivity index (χ0n) is 40.4. The fraction of sp³-hybridized carbons (Fsp3) is 0.788. The lowest BCUT2D eigenvalue weighted by molar-refractivity contribution is -0.870. The number of carbonyl (C=O) groups excluding carboxylic acids is 1. The summed E-state index contributed by atoms with van der Waals surface area (Å²) in [5.74, 6) is -0.327. The Morgan fingerprint density at radius 2 is 0.902 bits per heavy atom. The fourth-order valence-corrected chi connectivity index (χ4v) is 7.39. The fourth-order valence-electron chi connectivity index (χ4n) is 6.65. The molecule has 0 aliphatic heterocycles. The highest BCUT2D eigenvalue weighted by Crippen LogP contribution is 2.43. The van der Waals surface area contributed by atoms with Gasteiger partial charge in [0.25, 0.3) is 0 Å². The molecule has 0 fully saturated rings. The van der Waals surface area contributed by atoms with E-state index in [1.54, 1.807) is 0 Å². The Labute approximate surface area is 377 Å². The summed E-state index contributed by atoms with van der Waals surface area (Å²) in [6.07, 6.45) is 56.8. The van der Waals surface area contributed by atoms with Gasteiger partial charge in [0, 0.05) is 13.0 Å². The van der Waals surface area contributed by atoms with Gasteiger partial charge in [-0.25, -0.2) is 4.57 Å². The molecule has 0 amide bonds. The Balaban J connectivity index is 4.20. The van der Waals surface area contributed by atoms with Crippen molar-refractivity contribution >= 4 is 13.8 Å². The van der Waals surface area contributed by atoms with E-state index in [1.807, 2.05) is 21.1 Å². The Hall–Kier alpha value is -1.80. The second-order valence-electron chi connectivity index (χ2n) is 17.8. The van der Waals surface area contributed by atoms with Crippen LogP contribution in [0.4, 0.5) is 0 Å². The first-order valence-corrected chi connectivity index (χ1v) is 26.5. The molecule has 0 aromatic carbocycles. The monoisotopic (exact) mass is 879 g/mol. The van der Waals surface area contributed by atoms with Crippen LogP contribution < -0.4 is 0 Å². The number of quaternary nitrogens is 1. The lowest BCUT2D eigenvalue weighted by Crippen LogP contribution is -2.37. The van der Waals surface area contributed by atoms with Crippen LogP contribution in [0, 0.1) is 0 Å². The zero-order chi connectivity index (χ0) is 44.8. The van der Waals surface area contributed by atoms with E-state index in [4.69, 9.17) is 18.5 Å². The van der Waals surface area contributed by atoms with E-state index in [1.165, 1.54) is 122 Å². The number of rotatable bonds is 46. The lowest BCUT2D eigenvalue weighted by Gasteiger charge is -2.24. The average Bonchev–Trinajstić information content (AvgIpc) is 3.22. The lowest BCUT2D eigenvalue weighted by atomic mass is 10.1. The molecule has 0 radical (unpaired) electrons. The number of nitrogens with zero attached hydrogens (tertiary/aromatic N) is 1. The topological polar surface area (TPSA) is 91.3 Å². The van der Waals surface area contributed by atoms with Gasteiger partial charge in [0.2, 0.25) is 0 Å². The first-order valence-electron chi connectivity index (χ1n) is 25.0. The number of allylic oxidation sites excluding steroid dienone is 10. The summed E-state index contributed by atoms with van der Waals surface area (Å²) < 4.78 is 35.1. The normalized spacial score (nSPS) is 14.1. The second kappa shape index (κ2) is 44.8. The molecule has 0 heterocycles. The predicted octanol–water partition coefficient (Wildman–Crippen LogP) is 15.3. The minimum atomic E-state index is -4.29. The number of ether oxygens (including phenoxy) is 2. The first-order chi connectivity index (χ1) is 29.6. The van der Waals surface area contributed by atoms with Gasteiger partial charge in [0.15, 0.2) is 0 Å². The summed E-state index contributed by atoms with van der Waals surface area (Å²) >= 11 is 0. The summed E-state index contributed by atoms with van der Waals surface area (Å²) in [5, 5.41) is 0. The Bertz CT molecular complexity index is 1160. The van der Waals surface area contributed by atoms with Crippen LogP contribution in [0.15, 0.2) is 60.8 Å². The van der Waals surface area contributed by atoms with Crippen molar-refractivity contribution in [3.8, 4) is 0 Å². The molecule has 9 heteroatoms. The minimum absolute atomic E-state index is 0.0830. The van der Waals surface area contributed by atoms with Crippen molar-refractivity contribution in [2.24, 2.45) is 0 Å². The number of unbranched alkanes of at least 4 members (excludes halogenated alkanes) is 22. The quantitative estimate of drug-likeness (QED) is 0.0214. The third-order valence-corrected chi connectivity index (χ3v) is 11.5. The SMILES string of the molecule is CCCCC/C=C\C/C=C\C/C=C\CCCCCCCCC(=O)O[C@H](COCCCCCCCCCCCC/C=C\C/C=C\CCCCC)COP(=O)(O)OCC[N+](C)(C)C. The molecule has 8 nitrogen and oxygen atoms in total. The van der Waals surface area contributed by atoms with Gasteiger partial charge in [-0.2, -0.15) is 0 Å². The Morgan fingerprint density at radius 3 is 1.34 bits per heavy atom. The molecule has 0 saturated carbocycles. The standard InChI is InChI=1S/C52H96NO7P/c1-6-8-10-12-14-16-18-20-22-24-26-28-30-32-34-36-38-40-42-44-47-57-49-51(50-59-61(55,56)58-48-46-53(3,4)5)60-52(54)45-43-41-39-37-35-33-31-29-27-25-23-21-19-17-15-13-11-9-7-2/h14-17,20-23,27,29,51H,6-13,18-19,24-26,28,30-50H2,1-5H3/p+1/b16-14-,17-15-,22-20-,23-21-,29-27-/t51-/m1/s1. The third-order valence-electron chi connectivity index (χ3n) is 10.6. The van der Waals surface area contributed by atoms with Crippen molar-refractivity contribution in [1.82, 2.24) is 0 Å². The molecule has 0 spiro atoms. The van der Waals surface area contributed by atoms with Crippen molar-refractivity contribution in [1.29, 1.82) is 0 Å². The average molecular weight is 879 g/mol. The third kappa shape index (κ3) is 49.1. The number of phosphoric acid groups is 1. The van der Waals surface area contributed by atoms with Crippen LogP contribution >= 0.6 is 7.82 Å². The maximum atomic E-state index is 12.7. The molecular weight excluding hydrogens is 782 g/mol. The maximum absolute atomic E-state index is 12.7. The molecule has 1 N–H and O–H groups in total. The molecular formula is C52H97NO7P+. The number of likely N-dealkylation sites (N-methyl/N-ethyl adjacent to an activating group) is 1. The number of esters is 1. The van der Waals surface area contributed by atoms with Crippen LogP contribution in [0.5, 0.6) is 0 Å². The van der Waals surface area contributed by atoms with Gasteiger partial charge in [0.1, 0.15) is 19.3 Å². The molecule has 356 valence electrons. The van der Waals surface area contributed by atoms with Crippen molar-refractivity contribution in [2.45, 2.75) is 213 Å². The van der Waals surface area contributed by atoms with E-state index in [0.717, 1.165) is 64.2 Å². The molecule has 0 aliphatic carbocycles. The maximum Gasteiger partial charge on any atom is 0.472 e. The molecule has 1 unspecified atom stereocenters. The summed E-state index contributed by atoms with van der Waals surface area (Å²) in [7, 11) is 1.65. The van der Waals surface area contributed by atoms with Gasteiger partial charge in [0.05, 0.1) is 34.4 Å². The van der Waals surface area contributed by atoms with Crippen molar-refractivity contribution < 1.29 is 37.3 Å². The van der Waals surface area contributed by atoms with Crippen molar-refractivity contribution in [3.05, 3.63) is 60.8 Å². The first kappa shape index (κ1) is 59.2. The minimum Gasteiger partial charge on any atom is -0.457 e. The highest BCUT2D eigenvalue weighted by Gasteiger charge is 2.26. The number of hydrogen-bond acceptors (Lipinski definition) is 6. The zero-order valence-corrected chi connectivity index (χ0v) is 41.3. The van der Waals surface area contributed by atoms with Crippen molar-refractivity contribution in [2.75, 3.05) is 54.1 Å². The van der Waals surface area contributed by atoms with Gasteiger partial charge in [-0.15, -0.1) is 0 Å². The van der Waals surface area contributed by atoms with Gasteiger partial charge in [-0.05, 0) is 83.5 Å². The van der Waals surface area contributed by atoms with Gasteiger partial charge in [-0.1, -0.05) is 177 Å². The molecule has 0 saturated heterocycles. The number of carbonyl (C=O) groups is 1. The predicted molar refractivity (Wildman–Crippen MR) is 261 cm³/mol. The van der Waals surface area contributed by atoms with E-state index in [0.29, 0.717) is 24.1 Å². The second-order valence-corrected chi connectivity index (χ2v) is 19.3. The van der Waals surface area contributed by atoms with Crippen LogP contribution in [0.25, 0.3) is 0 Å². The van der Waals surface area contributed by atoms with Crippen molar-refractivity contribution in [3.63, 3.8) is 0 Å². The summed E-state index contributed by atoms with van der Waals surface area (Å²) in [5.41, 5.74) is 0. The highest BCUT2D eigenvalue weighted by atomic mass is 31.2. The smallest absolute Gasteiger partial charge is 0.457 e. The summed E-state index contributed by atoms with van der Waals surface area (Å²) in [6.45, 7) is 5.55. The van der Waals surface area contributed by atoms with E-state index in [2.05, 4.69) is 74.6 Å². The highest BCUT2D eigenvalue weighted by molar-refractivity contribution is 7.47. The Morgan fingerprint density at radius 1 is 0.508 bits per heavy atom. The molecule has 0 bridgehead atoms. The number of phosphoric ester groups is 1. The molecule has 0 aliphatic rings. The van der Waals surface area contributed by atoms with Crippen LogP contribution in [0.3, 0.4) is 0 Å². The molecule has 61 heavy (non-hydrogen) atoms. The van der Waals surface area contributed by atoms with Crippen LogP contribution in [0.2, 0.25) is 0 Å². The summed E-state index contributed by atoms with van der Waals surface area (Å²) in [4.78, 5) is 23.0. The number of hydrogen-bond donors (Lipinski definition) is 1. The van der Waals surface area contributed by atoms with Gasteiger partial charge < -0.3 is 18.9 Å². The Kier molecular flexibility index (Phi) is 43.5. The van der Waals surface area contributed by atoms with E-state index < -0.39 is 13.9 Å². The largest absolute Gasteiger partial charge is 0.472 e. The van der Waals surface area contributed by atoms with E-state index in [9.17, 15) is 14.3 Å². The van der Waals surface area contributed by atoms with Gasteiger partial charge in [-0.3, -0.25) is 13.8 Å². The van der Waals surface area contributed by atoms with Gasteiger partial charge >= 0.3 is 13.8 Å². The van der Waals surface area contributed by atoms with E-state index in [-0.39, 0.29) is 25.8 Å².